The van der Waals surface area contributed by atoms with E-state index in [4.69, 9.17) is 27.9 Å². The van der Waals surface area contributed by atoms with Gasteiger partial charge in [0.2, 0.25) is 5.69 Å². The molecule has 0 aliphatic rings. The predicted molar refractivity (Wildman–Crippen MR) is 120 cm³/mol. The minimum atomic E-state index is -1.19. The molecule has 158 valence electrons. The number of carboxylic acids is 1. The minimum absolute atomic E-state index is 0.195. The number of halogens is 2. The van der Waals surface area contributed by atoms with Crippen molar-refractivity contribution in [3.05, 3.63) is 69.1 Å². The second-order valence-electron chi connectivity index (χ2n) is 6.39. The number of aromatic carboxylic acids is 1. The lowest BCUT2D eigenvalue weighted by atomic mass is 10.2. The summed E-state index contributed by atoms with van der Waals surface area (Å²) in [6.07, 6.45) is 0. The van der Waals surface area contributed by atoms with Gasteiger partial charge in [0.05, 0.1) is 29.4 Å². The first-order valence-electron chi connectivity index (χ1n) is 8.92. The quantitative estimate of drug-likeness (QED) is 0.378. The number of rotatable bonds is 7. The lowest BCUT2D eigenvalue weighted by molar-refractivity contribution is 0.0691. The number of hydrogen-bond donors (Lipinski definition) is 2. The molecule has 0 saturated heterocycles. The molecule has 0 aliphatic carbocycles. The van der Waals surface area contributed by atoms with Gasteiger partial charge in [-0.15, -0.1) is 16.4 Å². The van der Waals surface area contributed by atoms with Crippen molar-refractivity contribution < 1.29 is 14.6 Å². The summed E-state index contributed by atoms with van der Waals surface area (Å²) >= 11 is 13.4. The number of anilines is 2. The zero-order valence-electron chi connectivity index (χ0n) is 16.0. The zero-order chi connectivity index (χ0) is 22.0. The number of carbonyl (C=O) groups is 1. The third-order valence-electron chi connectivity index (χ3n) is 4.37. The molecule has 4 rings (SSSR count). The third kappa shape index (κ3) is 4.63. The van der Waals surface area contributed by atoms with Gasteiger partial charge in [-0.2, -0.15) is 0 Å². The van der Waals surface area contributed by atoms with Gasteiger partial charge in [0.25, 0.3) is 0 Å². The molecule has 2 aromatic carbocycles. The number of aromatic nitrogens is 4. The molecule has 11 heteroatoms. The van der Waals surface area contributed by atoms with Crippen LogP contribution in [0.25, 0.3) is 11.3 Å². The summed E-state index contributed by atoms with van der Waals surface area (Å²) in [5, 5.41) is 23.6. The molecule has 0 unspecified atom stereocenters. The molecule has 0 fully saturated rings. The second kappa shape index (κ2) is 8.93. The van der Waals surface area contributed by atoms with Crippen molar-refractivity contribution in [3.8, 4) is 17.0 Å². The van der Waals surface area contributed by atoms with Gasteiger partial charge < -0.3 is 15.2 Å². The van der Waals surface area contributed by atoms with Crippen molar-refractivity contribution >= 4 is 51.5 Å². The van der Waals surface area contributed by atoms with Crippen molar-refractivity contribution in [3.63, 3.8) is 0 Å². The van der Waals surface area contributed by atoms with Crippen LogP contribution in [0.5, 0.6) is 5.75 Å². The molecule has 0 spiro atoms. The van der Waals surface area contributed by atoms with Crippen LogP contribution in [0.3, 0.4) is 0 Å². The molecule has 0 amide bonds. The molecule has 0 bridgehead atoms. The molecular weight excluding hydrogens is 461 g/mol. The Morgan fingerprint density at radius 3 is 2.65 bits per heavy atom. The molecule has 2 N–H and O–H groups in total. The van der Waals surface area contributed by atoms with E-state index in [1.54, 1.807) is 19.2 Å². The van der Waals surface area contributed by atoms with E-state index in [1.165, 1.54) is 16.0 Å². The molecule has 0 atom stereocenters. The number of ether oxygens (including phenoxy) is 1. The highest BCUT2D eigenvalue weighted by molar-refractivity contribution is 7.14. The average molecular weight is 476 g/mol. The Kier molecular flexibility index (Phi) is 6.08. The molecule has 2 heterocycles. The second-order valence-corrected chi connectivity index (χ2v) is 8.06. The zero-order valence-corrected chi connectivity index (χ0v) is 18.4. The molecule has 0 saturated carbocycles. The Balaban J connectivity index is 1.61. The summed E-state index contributed by atoms with van der Waals surface area (Å²) in [5.74, 6) is -0.229. The SMILES string of the molecule is COc1ccc(Cn2nnc(C(=O)O)c2Nc2nc(-c3ccc(Cl)c(Cl)c3)cs2)cc1. The fourth-order valence-corrected chi connectivity index (χ4v) is 3.83. The lowest BCUT2D eigenvalue weighted by Gasteiger charge is -2.08. The van der Waals surface area contributed by atoms with E-state index in [2.05, 4.69) is 20.6 Å². The fraction of sp³-hybridized carbons (Fsp3) is 0.100. The minimum Gasteiger partial charge on any atom is -0.497 e. The lowest BCUT2D eigenvalue weighted by Crippen LogP contribution is -2.09. The van der Waals surface area contributed by atoms with Gasteiger partial charge >= 0.3 is 5.97 Å². The highest BCUT2D eigenvalue weighted by Gasteiger charge is 2.21. The number of benzene rings is 2. The Morgan fingerprint density at radius 2 is 1.97 bits per heavy atom. The van der Waals surface area contributed by atoms with Crippen molar-refractivity contribution in [2.24, 2.45) is 0 Å². The Bertz CT molecular complexity index is 1240. The number of thiazole rings is 1. The molecule has 8 nitrogen and oxygen atoms in total. The molecule has 4 aromatic rings. The summed E-state index contributed by atoms with van der Waals surface area (Å²) < 4.78 is 6.64. The highest BCUT2D eigenvalue weighted by Crippen LogP contribution is 2.32. The smallest absolute Gasteiger partial charge is 0.360 e. The van der Waals surface area contributed by atoms with Crippen LogP contribution in [-0.2, 0) is 6.54 Å². The maximum atomic E-state index is 11.6. The van der Waals surface area contributed by atoms with Crippen LogP contribution in [0.15, 0.2) is 47.8 Å². The molecular formula is C20H15Cl2N5O3S. The van der Waals surface area contributed by atoms with Crippen molar-refractivity contribution in [2.75, 3.05) is 12.4 Å². The van der Waals surface area contributed by atoms with Gasteiger partial charge in [0.1, 0.15) is 5.75 Å². The largest absolute Gasteiger partial charge is 0.497 e. The first-order valence-corrected chi connectivity index (χ1v) is 10.6. The number of carboxylic acid groups (broad SMARTS) is 1. The first-order chi connectivity index (χ1) is 14.9. The van der Waals surface area contributed by atoms with E-state index in [0.29, 0.717) is 27.4 Å². The normalized spacial score (nSPS) is 10.8. The van der Waals surface area contributed by atoms with E-state index < -0.39 is 5.97 Å². The number of nitrogens with one attached hydrogen (secondary N) is 1. The maximum absolute atomic E-state index is 11.6. The summed E-state index contributed by atoms with van der Waals surface area (Å²) in [7, 11) is 1.59. The number of methoxy groups -OCH3 is 1. The van der Waals surface area contributed by atoms with Crippen LogP contribution in [-0.4, -0.2) is 38.2 Å². The van der Waals surface area contributed by atoms with Gasteiger partial charge in [-0.3, -0.25) is 0 Å². The Labute approximate surface area is 191 Å². The van der Waals surface area contributed by atoms with Gasteiger partial charge in [-0.25, -0.2) is 14.5 Å². The van der Waals surface area contributed by atoms with E-state index in [9.17, 15) is 9.90 Å². The summed E-state index contributed by atoms with van der Waals surface area (Å²) in [4.78, 5) is 16.2. The third-order valence-corrected chi connectivity index (χ3v) is 5.87. The molecule has 0 aliphatic heterocycles. The van der Waals surface area contributed by atoms with Gasteiger partial charge in [0, 0.05) is 10.9 Å². The van der Waals surface area contributed by atoms with E-state index >= 15 is 0 Å². The van der Waals surface area contributed by atoms with Crippen molar-refractivity contribution in [1.29, 1.82) is 0 Å². The molecule has 2 aromatic heterocycles. The Morgan fingerprint density at radius 1 is 1.19 bits per heavy atom. The summed E-state index contributed by atoms with van der Waals surface area (Å²) in [5.41, 5.74) is 2.18. The van der Waals surface area contributed by atoms with Crippen LogP contribution in [0.1, 0.15) is 16.1 Å². The van der Waals surface area contributed by atoms with E-state index in [1.807, 2.05) is 35.7 Å². The number of nitrogens with zero attached hydrogens (tertiary/aromatic N) is 4. The van der Waals surface area contributed by atoms with Crippen LogP contribution in [0.4, 0.5) is 10.9 Å². The molecule has 31 heavy (non-hydrogen) atoms. The van der Waals surface area contributed by atoms with Gasteiger partial charge in [-0.05, 0) is 29.8 Å². The van der Waals surface area contributed by atoms with Gasteiger partial charge in [-0.1, -0.05) is 46.6 Å². The average Bonchev–Trinajstić information content (AvgIpc) is 3.38. The van der Waals surface area contributed by atoms with Crippen LogP contribution in [0, 0.1) is 0 Å². The van der Waals surface area contributed by atoms with Crippen molar-refractivity contribution in [2.45, 2.75) is 6.54 Å². The Hall–Kier alpha value is -3.14. The number of hydrogen-bond acceptors (Lipinski definition) is 7. The van der Waals surface area contributed by atoms with Crippen LogP contribution in [0.2, 0.25) is 10.0 Å². The topological polar surface area (TPSA) is 102 Å². The van der Waals surface area contributed by atoms with Crippen LogP contribution >= 0.6 is 34.5 Å². The van der Waals surface area contributed by atoms with E-state index in [0.717, 1.165) is 16.9 Å². The van der Waals surface area contributed by atoms with E-state index in [-0.39, 0.29) is 11.5 Å². The fourth-order valence-electron chi connectivity index (χ4n) is 2.82. The highest BCUT2D eigenvalue weighted by atomic mass is 35.5. The van der Waals surface area contributed by atoms with Gasteiger partial charge in [0.15, 0.2) is 10.9 Å². The summed E-state index contributed by atoms with van der Waals surface area (Å²) in [6.45, 7) is 0.317. The monoisotopic (exact) mass is 475 g/mol. The molecule has 0 radical (unpaired) electrons. The van der Waals surface area contributed by atoms with Crippen LogP contribution < -0.4 is 10.1 Å². The van der Waals surface area contributed by atoms with Crippen molar-refractivity contribution in [1.82, 2.24) is 20.0 Å². The standard InChI is InChI=1S/C20H15Cl2N5O3S/c1-30-13-5-2-11(3-6-13)9-27-18(17(19(28)29)25-26-27)24-20-23-16(10-31-20)12-4-7-14(21)15(22)8-12/h2-8,10H,9H2,1H3,(H,23,24)(H,28,29). The first kappa shape index (κ1) is 21.1. The predicted octanol–water partition coefficient (Wildman–Crippen LogP) is 5.21. The maximum Gasteiger partial charge on any atom is 0.360 e. The summed E-state index contributed by atoms with van der Waals surface area (Å²) in [6, 6.07) is 12.6.